The van der Waals surface area contributed by atoms with Crippen molar-refractivity contribution in [2.24, 2.45) is 0 Å². The number of amides is 1. The molecule has 0 saturated carbocycles. The van der Waals surface area contributed by atoms with Crippen molar-refractivity contribution in [3.63, 3.8) is 0 Å². The molecular formula is C8H11N2O2S2. The van der Waals surface area contributed by atoms with Gasteiger partial charge in [-0.05, 0) is 13.8 Å². The molecule has 1 rings (SSSR count). The normalized spacial score (nSPS) is 12.5. The molecule has 14 heavy (non-hydrogen) atoms. The van der Waals surface area contributed by atoms with Crippen LogP contribution in [-0.2, 0) is 5.11 Å². The van der Waals surface area contributed by atoms with Crippen LogP contribution in [0.3, 0.4) is 0 Å². The molecule has 0 spiro atoms. The zero-order valence-electron chi connectivity index (χ0n) is 7.90. The molecule has 1 aromatic heterocycles. The minimum absolute atomic E-state index is 0.203. The molecule has 0 aromatic carbocycles. The highest BCUT2D eigenvalue weighted by Crippen LogP contribution is 2.26. The summed E-state index contributed by atoms with van der Waals surface area (Å²) in [6.07, 6.45) is -1.28. The highest BCUT2D eigenvalue weighted by molar-refractivity contribution is 7.80. The van der Waals surface area contributed by atoms with Gasteiger partial charge in [-0.2, -0.15) is 12.6 Å². The van der Waals surface area contributed by atoms with Gasteiger partial charge in [0.2, 0.25) is 0 Å². The van der Waals surface area contributed by atoms with Crippen LogP contribution in [0.25, 0.3) is 0 Å². The van der Waals surface area contributed by atoms with E-state index in [0.29, 0.717) is 0 Å². The van der Waals surface area contributed by atoms with Gasteiger partial charge in [-0.25, -0.2) is 14.9 Å². The summed E-state index contributed by atoms with van der Waals surface area (Å²) in [7, 11) is 0. The second-order valence-corrected chi connectivity index (χ2v) is 4.74. The lowest BCUT2D eigenvalue weighted by molar-refractivity contribution is 0.169. The fourth-order valence-corrected chi connectivity index (χ4v) is 2.12. The summed E-state index contributed by atoms with van der Waals surface area (Å²) in [6, 6.07) is 0. The Hall–Kier alpha value is -0.750. The molecule has 4 nitrogen and oxygen atoms in total. The summed E-state index contributed by atoms with van der Waals surface area (Å²) in [5.41, 5.74) is 0.970. The van der Waals surface area contributed by atoms with Crippen LogP contribution in [0.2, 0.25) is 0 Å². The third kappa shape index (κ3) is 2.88. The number of aryl methyl sites for hydroxylation is 2. The van der Waals surface area contributed by atoms with E-state index < -0.39 is 6.09 Å². The Labute approximate surface area is 91.8 Å². The average molecular weight is 231 g/mol. The van der Waals surface area contributed by atoms with E-state index in [1.807, 2.05) is 13.8 Å². The molecule has 1 radical (unpaired) electrons. The van der Waals surface area contributed by atoms with Crippen LogP contribution in [0.4, 0.5) is 4.79 Å². The van der Waals surface area contributed by atoms with Crippen LogP contribution < -0.4 is 5.32 Å². The fourth-order valence-electron chi connectivity index (χ4n) is 0.907. The minimum Gasteiger partial charge on any atom is -0.317 e. The van der Waals surface area contributed by atoms with Crippen LogP contribution in [0.15, 0.2) is 0 Å². The summed E-state index contributed by atoms with van der Waals surface area (Å²) < 4.78 is 0. The van der Waals surface area contributed by atoms with Crippen molar-refractivity contribution >= 4 is 30.1 Å². The third-order valence-corrected chi connectivity index (χ3v) is 3.56. The SMILES string of the molecule is Cc1nc(C(S)CNC([O])=O)sc1C. The Morgan fingerprint density at radius 3 is 2.71 bits per heavy atom. The minimum atomic E-state index is -1.28. The smallest absolute Gasteiger partial charge is 0.317 e. The molecule has 1 atom stereocenters. The number of thiazole rings is 1. The van der Waals surface area contributed by atoms with E-state index in [0.717, 1.165) is 15.6 Å². The number of aromatic nitrogens is 1. The number of nitrogens with one attached hydrogen (secondary N) is 1. The van der Waals surface area contributed by atoms with Crippen LogP contribution in [0, 0.1) is 13.8 Å². The molecule has 1 amide bonds. The van der Waals surface area contributed by atoms with E-state index in [1.54, 1.807) is 0 Å². The summed E-state index contributed by atoms with van der Waals surface area (Å²) in [6.45, 7) is 4.11. The van der Waals surface area contributed by atoms with E-state index >= 15 is 0 Å². The maximum atomic E-state index is 10.1. The number of thiol groups is 1. The molecule has 0 bridgehead atoms. The molecule has 1 heterocycles. The standard InChI is InChI=1S/C8H11N2O2S2/c1-4-5(2)14-7(10-4)6(13)3-9-8(11)12/h6,9,13H,3H2,1-2H3. The lowest BCUT2D eigenvalue weighted by atomic mass is 10.4. The maximum absolute atomic E-state index is 10.1. The molecule has 0 fully saturated rings. The molecule has 0 aliphatic heterocycles. The monoisotopic (exact) mass is 231 g/mol. The first-order chi connectivity index (χ1) is 6.50. The second kappa shape index (κ2) is 4.65. The van der Waals surface area contributed by atoms with Gasteiger partial charge in [0.15, 0.2) is 0 Å². The topological polar surface area (TPSA) is 61.9 Å². The summed E-state index contributed by atoms with van der Waals surface area (Å²) >= 11 is 5.78. The Kier molecular flexibility index (Phi) is 3.77. The van der Waals surface area contributed by atoms with E-state index in [-0.39, 0.29) is 11.8 Å². The lowest BCUT2D eigenvalue weighted by Gasteiger charge is -2.05. The number of carbonyl (C=O) groups is 1. The molecule has 0 saturated heterocycles. The predicted octanol–water partition coefficient (Wildman–Crippen LogP) is 1.87. The first-order valence-electron chi connectivity index (χ1n) is 4.07. The van der Waals surface area contributed by atoms with E-state index in [2.05, 4.69) is 22.9 Å². The fraction of sp³-hybridized carbons (Fsp3) is 0.500. The quantitative estimate of drug-likeness (QED) is 0.780. The Morgan fingerprint density at radius 2 is 2.29 bits per heavy atom. The number of rotatable bonds is 3. The summed E-state index contributed by atoms with van der Waals surface area (Å²) in [5, 5.41) is 12.9. The third-order valence-electron chi connectivity index (χ3n) is 1.77. The first-order valence-corrected chi connectivity index (χ1v) is 5.41. The van der Waals surface area contributed by atoms with Gasteiger partial charge < -0.3 is 5.32 Å². The molecule has 1 unspecified atom stereocenters. The van der Waals surface area contributed by atoms with Crippen molar-refractivity contribution in [3.8, 4) is 0 Å². The largest absolute Gasteiger partial charge is 0.450 e. The molecule has 1 N–H and O–H groups in total. The highest BCUT2D eigenvalue weighted by atomic mass is 32.1. The molecule has 0 aliphatic carbocycles. The van der Waals surface area contributed by atoms with Crippen LogP contribution >= 0.6 is 24.0 Å². The van der Waals surface area contributed by atoms with Crippen molar-refractivity contribution in [1.29, 1.82) is 0 Å². The van der Waals surface area contributed by atoms with E-state index in [4.69, 9.17) is 0 Å². The van der Waals surface area contributed by atoms with E-state index in [9.17, 15) is 9.90 Å². The number of nitrogens with zero attached hydrogens (tertiary/aromatic N) is 1. The van der Waals surface area contributed by atoms with Gasteiger partial charge >= 0.3 is 6.09 Å². The lowest BCUT2D eigenvalue weighted by Crippen LogP contribution is -2.23. The zero-order valence-corrected chi connectivity index (χ0v) is 9.61. The molecule has 0 aliphatic rings. The number of hydrogen-bond acceptors (Lipinski definition) is 4. The molecule has 6 heteroatoms. The van der Waals surface area contributed by atoms with Gasteiger partial charge in [-0.1, -0.05) is 0 Å². The Morgan fingerprint density at radius 1 is 1.64 bits per heavy atom. The molecule has 1 aromatic rings. The first kappa shape index (κ1) is 11.3. The van der Waals surface area contributed by atoms with Crippen LogP contribution in [0.5, 0.6) is 0 Å². The number of hydrogen-bond donors (Lipinski definition) is 2. The van der Waals surface area contributed by atoms with E-state index in [1.165, 1.54) is 11.3 Å². The summed E-state index contributed by atoms with van der Waals surface area (Å²) in [4.78, 5) is 15.5. The van der Waals surface area contributed by atoms with Crippen LogP contribution in [-0.4, -0.2) is 17.6 Å². The Balaban J connectivity index is 2.60. The van der Waals surface area contributed by atoms with Crippen molar-refractivity contribution in [3.05, 3.63) is 15.6 Å². The van der Waals surface area contributed by atoms with Gasteiger partial charge in [0.1, 0.15) is 5.01 Å². The predicted molar refractivity (Wildman–Crippen MR) is 57.4 cm³/mol. The van der Waals surface area contributed by atoms with Crippen molar-refractivity contribution < 1.29 is 9.90 Å². The number of carbonyl (C=O) groups excluding carboxylic acids is 1. The molecule has 77 valence electrons. The second-order valence-electron chi connectivity index (χ2n) is 2.88. The van der Waals surface area contributed by atoms with Gasteiger partial charge in [0.25, 0.3) is 0 Å². The zero-order chi connectivity index (χ0) is 10.7. The highest BCUT2D eigenvalue weighted by Gasteiger charge is 2.13. The summed E-state index contributed by atoms with van der Waals surface area (Å²) in [5.74, 6) is 0. The van der Waals surface area contributed by atoms with Crippen molar-refractivity contribution in [2.45, 2.75) is 19.1 Å². The van der Waals surface area contributed by atoms with Gasteiger partial charge in [0, 0.05) is 11.4 Å². The average Bonchev–Trinajstić information content (AvgIpc) is 2.43. The Bertz CT molecular complexity index is 319. The van der Waals surface area contributed by atoms with Crippen molar-refractivity contribution in [2.75, 3.05) is 6.54 Å². The van der Waals surface area contributed by atoms with Crippen LogP contribution in [0.1, 0.15) is 20.8 Å². The maximum Gasteiger partial charge on any atom is 0.450 e. The van der Waals surface area contributed by atoms with Gasteiger partial charge in [-0.15, -0.1) is 11.3 Å². The molecular weight excluding hydrogens is 220 g/mol. The van der Waals surface area contributed by atoms with Gasteiger partial charge in [-0.3, -0.25) is 0 Å². The van der Waals surface area contributed by atoms with Crippen molar-refractivity contribution in [1.82, 2.24) is 10.3 Å². The van der Waals surface area contributed by atoms with Gasteiger partial charge in [0.05, 0.1) is 10.9 Å².